The number of hydrogen-bond donors (Lipinski definition) is 5. The van der Waals surface area contributed by atoms with Crippen molar-refractivity contribution in [2.24, 2.45) is 0 Å². The molecule has 0 spiro atoms. The summed E-state index contributed by atoms with van der Waals surface area (Å²) in [5, 5.41) is 8.89. The highest BCUT2D eigenvalue weighted by atomic mass is 19.4. The first-order chi connectivity index (χ1) is 30.0. The summed E-state index contributed by atoms with van der Waals surface area (Å²) in [7, 11) is 0. The van der Waals surface area contributed by atoms with Gasteiger partial charge in [0.05, 0.1) is 70.2 Å². The smallest absolute Gasteiger partial charge is 0.399 e. The van der Waals surface area contributed by atoms with Gasteiger partial charge in [0.1, 0.15) is 0 Å². The SMILES string of the molecule is Nc1ccc([C@H]2NC(=O)N(c3cccc(C(F)(F)F)c3)C3=C2C(=O)N(CCCNCCCN2CC4=C(C2=O)[C@@H](c2ccc(N)cc2)NC(=O)N4c2cccc(C(F)(F)F)c2)C3)cc1. The highest BCUT2D eigenvalue weighted by Crippen LogP contribution is 2.42. The molecule has 7 N–H and O–H groups in total. The van der Waals surface area contributed by atoms with E-state index in [9.17, 15) is 45.5 Å². The van der Waals surface area contributed by atoms with E-state index in [1.54, 1.807) is 58.3 Å². The van der Waals surface area contributed by atoms with Crippen LogP contribution in [0.1, 0.15) is 47.2 Å². The molecule has 0 bridgehead atoms. The van der Waals surface area contributed by atoms with Gasteiger partial charge in [0.15, 0.2) is 0 Å². The van der Waals surface area contributed by atoms with Crippen molar-refractivity contribution in [3.63, 3.8) is 0 Å². The molecule has 6 amide bonds. The molecule has 4 heterocycles. The fourth-order valence-corrected chi connectivity index (χ4v) is 8.33. The Morgan fingerprint density at radius 2 is 0.952 bits per heavy atom. The summed E-state index contributed by atoms with van der Waals surface area (Å²) in [5.41, 5.74) is 12.9. The number of nitrogen functional groups attached to an aromatic ring is 2. The van der Waals surface area contributed by atoms with E-state index in [0.717, 1.165) is 34.1 Å². The minimum atomic E-state index is -4.66. The van der Waals surface area contributed by atoms with Crippen molar-refractivity contribution in [2.45, 2.75) is 37.3 Å². The Balaban J connectivity index is 0.910. The Bertz CT molecular complexity index is 2350. The number of nitrogens with zero attached hydrogens (tertiary/aromatic N) is 4. The van der Waals surface area contributed by atoms with Crippen LogP contribution in [-0.4, -0.2) is 72.9 Å². The maximum absolute atomic E-state index is 14.0. The van der Waals surface area contributed by atoms with Crippen molar-refractivity contribution >= 4 is 46.6 Å². The Kier molecular flexibility index (Phi) is 11.3. The standard InChI is InChI=1S/C44H41F6N9O4/c45-43(46,47)27-5-1-7-31(21-27)58-33-23-56(39(60)35(33)37(54-41(58)62)25-9-13-29(51)14-10-25)19-3-17-53-18-4-20-57-24-34-36(40(57)61)38(26-11-15-30(52)16-12-26)55-42(63)59(34)32-8-2-6-28(22-32)44(48,49)50/h1-2,5-16,21-22,37-38,53H,3-4,17-20,23-24,51-52H2,(H,54,62)(H,55,63)/t37-,38-/m1/s1. The molecule has 13 nitrogen and oxygen atoms in total. The van der Waals surface area contributed by atoms with Crippen LogP contribution < -0.4 is 37.2 Å². The van der Waals surface area contributed by atoms with Gasteiger partial charge in [-0.2, -0.15) is 26.3 Å². The molecule has 4 aromatic rings. The summed E-state index contributed by atoms with van der Waals surface area (Å²) in [6.45, 7) is 1.33. The average molecular weight is 874 g/mol. The van der Waals surface area contributed by atoms with Gasteiger partial charge >= 0.3 is 24.4 Å². The number of hydrogen-bond acceptors (Lipinski definition) is 7. The number of carbonyl (C=O) groups excluding carboxylic acids is 4. The first-order valence-corrected chi connectivity index (χ1v) is 20.0. The van der Waals surface area contributed by atoms with Crippen LogP contribution in [0.5, 0.6) is 0 Å². The van der Waals surface area contributed by atoms with Gasteiger partial charge in [0.2, 0.25) is 0 Å². The summed E-state index contributed by atoms with van der Waals surface area (Å²) >= 11 is 0. The normalized spacial score (nSPS) is 19.2. The van der Waals surface area contributed by atoms with E-state index in [-0.39, 0.29) is 71.9 Å². The first-order valence-electron chi connectivity index (χ1n) is 20.0. The number of anilines is 4. The number of benzene rings is 4. The van der Waals surface area contributed by atoms with Gasteiger partial charge in [0.25, 0.3) is 11.8 Å². The number of carbonyl (C=O) groups is 4. The number of urea groups is 2. The van der Waals surface area contributed by atoms with Crippen LogP contribution in [0.15, 0.2) is 120 Å². The zero-order valence-electron chi connectivity index (χ0n) is 33.4. The summed E-state index contributed by atoms with van der Waals surface area (Å²) in [5.74, 6) is -0.755. The molecule has 328 valence electrons. The summed E-state index contributed by atoms with van der Waals surface area (Å²) in [6.07, 6.45) is -8.39. The van der Waals surface area contributed by atoms with E-state index in [0.29, 0.717) is 48.4 Å². The molecule has 0 aromatic heterocycles. The Hall–Kier alpha value is -7.02. The van der Waals surface area contributed by atoms with E-state index in [1.165, 1.54) is 24.3 Å². The molecule has 4 aliphatic rings. The fourth-order valence-electron chi connectivity index (χ4n) is 8.33. The summed E-state index contributed by atoms with van der Waals surface area (Å²) in [4.78, 5) is 60.5. The molecule has 19 heteroatoms. The van der Waals surface area contributed by atoms with Crippen molar-refractivity contribution in [2.75, 3.05) is 60.5 Å². The maximum Gasteiger partial charge on any atom is 0.416 e. The molecule has 0 aliphatic carbocycles. The van der Waals surface area contributed by atoms with Gasteiger partial charge < -0.3 is 37.2 Å². The van der Waals surface area contributed by atoms with Crippen molar-refractivity contribution in [1.29, 1.82) is 0 Å². The molecular formula is C44H41F6N9O4. The van der Waals surface area contributed by atoms with Crippen LogP contribution in [0.4, 0.5) is 58.7 Å². The number of nitrogens with one attached hydrogen (secondary N) is 3. The number of amides is 6. The topological polar surface area (TPSA) is 169 Å². The van der Waals surface area contributed by atoms with Gasteiger partial charge in [-0.1, -0.05) is 36.4 Å². The highest BCUT2D eigenvalue weighted by molar-refractivity contribution is 6.08. The molecule has 0 radical (unpaired) electrons. The molecule has 0 unspecified atom stereocenters. The van der Waals surface area contributed by atoms with Gasteiger partial charge in [-0.3, -0.25) is 19.4 Å². The molecule has 63 heavy (non-hydrogen) atoms. The zero-order chi connectivity index (χ0) is 44.8. The van der Waals surface area contributed by atoms with Crippen LogP contribution in [0, 0.1) is 0 Å². The van der Waals surface area contributed by atoms with Crippen LogP contribution in [0.25, 0.3) is 0 Å². The number of alkyl halides is 6. The number of rotatable bonds is 12. The lowest BCUT2D eigenvalue weighted by molar-refractivity contribution is -0.138. The van der Waals surface area contributed by atoms with Crippen molar-refractivity contribution in [1.82, 2.24) is 25.8 Å². The Morgan fingerprint density at radius 1 is 0.571 bits per heavy atom. The zero-order valence-corrected chi connectivity index (χ0v) is 33.4. The molecule has 4 aliphatic heterocycles. The van der Waals surface area contributed by atoms with E-state index in [4.69, 9.17) is 11.5 Å². The monoisotopic (exact) mass is 873 g/mol. The molecule has 0 saturated heterocycles. The lowest BCUT2D eigenvalue weighted by Crippen LogP contribution is -2.47. The molecule has 8 rings (SSSR count). The molecule has 4 aromatic carbocycles. The van der Waals surface area contributed by atoms with Crippen molar-refractivity contribution < 1.29 is 45.5 Å². The van der Waals surface area contributed by atoms with Gasteiger partial charge in [-0.05, 0) is 97.7 Å². The summed E-state index contributed by atoms with van der Waals surface area (Å²) < 4.78 is 82.1. The van der Waals surface area contributed by atoms with Gasteiger partial charge in [-0.25, -0.2) is 9.59 Å². The largest absolute Gasteiger partial charge is 0.416 e. The predicted molar refractivity (Wildman–Crippen MR) is 221 cm³/mol. The predicted octanol–water partition coefficient (Wildman–Crippen LogP) is 6.69. The lowest BCUT2D eigenvalue weighted by atomic mass is 9.95. The second kappa shape index (κ2) is 16.7. The third-order valence-electron chi connectivity index (χ3n) is 11.4. The van der Waals surface area contributed by atoms with Crippen LogP contribution >= 0.6 is 0 Å². The van der Waals surface area contributed by atoms with E-state index < -0.39 is 47.6 Å². The van der Waals surface area contributed by atoms with Gasteiger partial charge in [-0.15, -0.1) is 0 Å². The average Bonchev–Trinajstić information content (AvgIpc) is 3.74. The number of halogens is 6. The van der Waals surface area contributed by atoms with Crippen LogP contribution in [0.3, 0.4) is 0 Å². The third-order valence-corrected chi connectivity index (χ3v) is 11.4. The maximum atomic E-state index is 14.0. The minimum Gasteiger partial charge on any atom is -0.399 e. The Morgan fingerprint density at radius 3 is 1.32 bits per heavy atom. The lowest BCUT2D eigenvalue weighted by Gasteiger charge is -2.34. The highest BCUT2D eigenvalue weighted by Gasteiger charge is 2.46. The summed E-state index contributed by atoms with van der Waals surface area (Å²) in [6, 6.07) is 18.8. The second-order valence-electron chi connectivity index (χ2n) is 15.5. The molecular weight excluding hydrogens is 833 g/mol. The second-order valence-corrected chi connectivity index (χ2v) is 15.5. The van der Waals surface area contributed by atoms with E-state index >= 15 is 0 Å². The quantitative estimate of drug-likeness (QED) is 0.0600. The number of nitrogens with two attached hydrogens (primary N) is 2. The molecule has 0 fully saturated rings. The van der Waals surface area contributed by atoms with Gasteiger partial charge in [0, 0.05) is 24.5 Å². The molecule has 2 atom stereocenters. The fraction of sp³-hybridized carbons (Fsp3) is 0.273. The Labute approximate surface area is 357 Å². The van der Waals surface area contributed by atoms with Crippen molar-refractivity contribution in [3.8, 4) is 0 Å². The van der Waals surface area contributed by atoms with E-state index in [2.05, 4.69) is 16.0 Å². The van der Waals surface area contributed by atoms with Crippen molar-refractivity contribution in [3.05, 3.63) is 142 Å². The van der Waals surface area contributed by atoms with Crippen LogP contribution in [0.2, 0.25) is 0 Å². The first kappa shape index (κ1) is 42.7. The van der Waals surface area contributed by atoms with E-state index in [1.807, 2.05) is 0 Å². The third kappa shape index (κ3) is 8.47. The molecule has 0 saturated carbocycles. The minimum absolute atomic E-state index is 0.0235. The van der Waals surface area contributed by atoms with Crippen LogP contribution in [-0.2, 0) is 21.9 Å².